The molecule has 2 aromatic heterocycles. The van der Waals surface area contributed by atoms with Crippen LogP contribution in [0.15, 0.2) is 54.9 Å². The fraction of sp³-hybridized carbons (Fsp3) is 0.300. The van der Waals surface area contributed by atoms with Gasteiger partial charge in [0.05, 0.1) is 4.88 Å². The standard InChI is InChI=1S/C20H23N5S/c1-24-9-11-25(12-10-24)19-8-7-16(13-21-19)14-22-20-23-15-18(26-20)17-5-3-2-4-6-17/h2-8,13,15H,9-12,14H2,1H3,(H,22,23). The normalized spacial score (nSPS) is 15.2. The third-order valence-electron chi connectivity index (χ3n) is 4.64. The Hall–Kier alpha value is -2.44. The molecule has 4 rings (SSSR count). The molecular weight excluding hydrogens is 342 g/mol. The van der Waals surface area contributed by atoms with Gasteiger partial charge in [-0.3, -0.25) is 0 Å². The van der Waals surface area contributed by atoms with E-state index in [0.717, 1.165) is 43.7 Å². The van der Waals surface area contributed by atoms with E-state index in [1.807, 2.05) is 18.5 Å². The molecule has 0 radical (unpaired) electrons. The highest BCUT2D eigenvalue weighted by molar-refractivity contribution is 7.18. The van der Waals surface area contributed by atoms with Crippen LogP contribution in [0.2, 0.25) is 0 Å². The fourth-order valence-electron chi connectivity index (χ4n) is 3.01. The highest BCUT2D eigenvalue weighted by atomic mass is 32.1. The van der Waals surface area contributed by atoms with Crippen molar-refractivity contribution in [3.05, 3.63) is 60.4 Å². The Morgan fingerprint density at radius 2 is 1.77 bits per heavy atom. The summed E-state index contributed by atoms with van der Waals surface area (Å²) in [5, 5.41) is 4.34. The minimum Gasteiger partial charge on any atom is -0.357 e. The van der Waals surface area contributed by atoms with Gasteiger partial charge in [-0.25, -0.2) is 9.97 Å². The van der Waals surface area contributed by atoms with Gasteiger partial charge in [0, 0.05) is 45.1 Å². The van der Waals surface area contributed by atoms with Crippen LogP contribution in [-0.4, -0.2) is 48.1 Å². The van der Waals surface area contributed by atoms with Crippen LogP contribution in [0.4, 0.5) is 10.9 Å². The molecule has 0 spiro atoms. The molecule has 1 N–H and O–H groups in total. The van der Waals surface area contributed by atoms with Gasteiger partial charge in [-0.15, -0.1) is 0 Å². The number of hydrogen-bond donors (Lipinski definition) is 1. The van der Waals surface area contributed by atoms with E-state index >= 15 is 0 Å². The van der Waals surface area contributed by atoms with E-state index in [4.69, 9.17) is 0 Å². The molecule has 3 aromatic rings. The Morgan fingerprint density at radius 1 is 0.962 bits per heavy atom. The van der Waals surface area contributed by atoms with Gasteiger partial charge in [-0.2, -0.15) is 0 Å². The van der Waals surface area contributed by atoms with Crippen molar-refractivity contribution in [1.29, 1.82) is 0 Å². The summed E-state index contributed by atoms with van der Waals surface area (Å²) in [5.41, 5.74) is 2.37. The molecule has 5 nitrogen and oxygen atoms in total. The number of rotatable bonds is 5. The second-order valence-electron chi connectivity index (χ2n) is 6.56. The van der Waals surface area contributed by atoms with Gasteiger partial charge in [0.2, 0.25) is 0 Å². The maximum atomic E-state index is 4.64. The van der Waals surface area contributed by atoms with Gasteiger partial charge in [-0.1, -0.05) is 47.7 Å². The minimum absolute atomic E-state index is 0.734. The Labute approximate surface area is 158 Å². The number of benzene rings is 1. The average Bonchev–Trinajstić information content (AvgIpc) is 3.17. The molecule has 0 aliphatic carbocycles. The van der Waals surface area contributed by atoms with Crippen LogP contribution in [0, 0.1) is 0 Å². The summed E-state index contributed by atoms with van der Waals surface area (Å²) in [4.78, 5) is 15.0. The molecule has 134 valence electrons. The van der Waals surface area contributed by atoms with Gasteiger partial charge in [-0.05, 0) is 24.2 Å². The van der Waals surface area contributed by atoms with Crippen LogP contribution in [0.5, 0.6) is 0 Å². The van der Waals surface area contributed by atoms with Crippen LogP contribution >= 0.6 is 11.3 Å². The largest absolute Gasteiger partial charge is 0.357 e. The van der Waals surface area contributed by atoms with E-state index in [1.54, 1.807) is 11.3 Å². The molecule has 0 amide bonds. The first-order valence-corrected chi connectivity index (χ1v) is 9.73. The van der Waals surface area contributed by atoms with Crippen molar-refractivity contribution < 1.29 is 0 Å². The highest BCUT2D eigenvalue weighted by Gasteiger charge is 2.14. The minimum atomic E-state index is 0.734. The van der Waals surface area contributed by atoms with Gasteiger partial charge in [0.25, 0.3) is 0 Å². The molecule has 1 saturated heterocycles. The fourth-order valence-corrected chi connectivity index (χ4v) is 3.83. The third kappa shape index (κ3) is 4.03. The predicted octanol–water partition coefficient (Wildman–Crippen LogP) is 3.57. The second-order valence-corrected chi connectivity index (χ2v) is 7.59. The van der Waals surface area contributed by atoms with Crippen LogP contribution in [-0.2, 0) is 6.54 Å². The van der Waals surface area contributed by atoms with Crippen molar-refractivity contribution in [3.8, 4) is 10.4 Å². The summed E-state index contributed by atoms with van der Waals surface area (Å²) in [5.74, 6) is 1.07. The summed E-state index contributed by atoms with van der Waals surface area (Å²) in [6.07, 6.45) is 3.89. The van der Waals surface area contributed by atoms with Crippen LogP contribution < -0.4 is 10.2 Å². The molecular formula is C20H23N5S. The number of pyridine rings is 1. The quantitative estimate of drug-likeness (QED) is 0.749. The molecule has 1 aromatic carbocycles. The van der Waals surface area contributed by atoms with Gasteiger partial charge in [0.15, 0.2) is 5.13 Å². The predicted molar refractivity (Wildman–Crippen MR) is 109 cm³/mol. The van der Waals surface area contributed by atoms with Crippen molar-refractivity contribution in [2.45, 2.75) is 6.54 Å². The third-order valence-corrected chi connectivity index (χ3v) is 5.65. The summed E-state index contributed by atoms with van der Waals surface area (Å²) in [6, 6.07) is 14.6. The average molecular weight is 366 g/mol. The monoisotopic (exact) mass is 365 g/mol. The number of nitrogens with zero attached hydrogens (tertiary/aromatic N) is 4. The lowest BCUT2D eigenvalue weighted by Crippen LogP contribution is -2.44. The summed E-state index contributed by atoms with van der Waals surface area (Å²) in [6.45, 7) is 5.01. The maximum Gasteiger partial charge on any atom is 0.183 e. The zero-order chi connectivity index (χ0) is 17.8. The zero-order valence-corrected chi connectivity index (χ0v) is 15.7. The zero-order valence-electron chi connectivity index (χ0n) is 14.9. The molecule has 0 atom stereocenters. The van der Waals surface area contributed by atoms with Crippen molar-refractivity contribution in [3.63, 3.8) is 0 Å². The number of aromatic nitrogens is 2. The van der Waals surface area contributed by atoms with Crippen LogP contribution in [0.25, 0.3) is 10.4 Å². The number of nitrogens with one attached hydrogen (secondary N) is 1. The molecule has 1 aliphatic heterocycles. The lowest BCUT2D eigenvalue weighted by molar-refractivity contribution is 0.312. The Morgan fingerprint density at radius 3 is 2.50 bits per heavy atom. The summed E-state index contributed by atoms with van der Waals surface area (Å²) in [7, 11) is 2.17. The molecule has 26 heavy (non-hydrogen) atoms. The topological polar surface area (TPSA) is 44.3 Å². The molecule has 0 unspecified atom stereocenters. The molecule has 6 heteroatoms. The molecule has 0 saturated carbocycles. The summed E-state index contributed by atoms with van der Waals surface area (Å²) < 4.78 is 0. The smallest absolute Gasteiger partial charge is 0.183 e. The van der Waals surface area contributed by atoms with E-state index in [-0.39, 0.29) is 0 Å². The Kier molecular flexibility index (Phi) is 5.13. The van der Waals surface area contributed by atoms with Crippen molar-refractivity contribution >= 4 is 22.3 Å². The first-order valence-electron chi connectivity index (χ1n) is 8.91. The van der Waals surface area contributed by atoms with Gasteiger partial charge in [0.1, 0.15) is 5.82 Å². The first-order chi connectivity index (χ1) is 12.8. The Balaban J connectivity index is 1.34. The van der Waals surface area contributed by atoms with Gasteiger partial charge < -0.3 is 15.1 Å². The van der Waals surface area contributed by atoms with Gasteiger partial charge >= 0.3 is 0 Å². The molecule has 1 fully saturated rings. The van der Waals surface area contributed by atoms with E-state index in [9.17, 15) is 0 Å². The summed E-state index contributed by atoms with van der Waals surface area (Å²) >= 11 is 1.68. The number of likely N-dealkylation sites (N-methyl/N-ethyl adjacent to an activating group) is 1. The molecule has 1 aliphatic rings. The highest BCUT2D eigenvalue weighted by Crippen LogP contribution is 2.28. The maximum absolute atomic E-state index is 4.64. The van der Waals surface area contributed by atoms with E-state index in [1.165, 1.54) is 16.0 Å². The molecule has 0 bridgehead atoms. The van der Waals surface area contributed by atoms with Crippen molar-refractivity contribution in [1.82, 2.24) is 14.9 Å². The number of hydrogen-bond acceptors (Lipinski definition) is 6. The Bertz CT molecular complexity index is 823. The lowest BCUT2D eigenvalue weighted by atomic mass is 10.2. The first kappa shape index (κ1) is 17.0. The lowest BCUT2D eigenvalue weighted by Gasteiger charge is -2.33. The van der Waals surface area contributed by atoms with E-state index in [0.29, 0.717) is 0 Å². The SMILES string of the molecule is CN1CCN(c2ccc(CNc3ncc(-c4ccccc4)s3)cn2)CC1. The second kappa shape index (κ2) is 7.85. The van der Waals surface area contributed by atoms with E-state index < -0.39 is 0 Å². The van der Waals surface area contributed by atoms with E-state index in [2.05, 4.69) is 68.5 Å². The molecule has 3 heterocycles. The number of thiazole rings is 1. The van der Waals surface area contributed by atoms with Crippen LogP contribution in [0.1, 0.15) is 5.56 Å². The van der Waals surface area contributed by atoms with Crippen LogP contribution in [0.3, 0.4) is 0 Å². The van der Waals surface area contributed by atoms with Crippen molar-refractivity contribution in [2.75, 3.05) is 43.4 Å². The number of anilines is 2. The number of piperazine rings is 1. The van der Waals surface area contributed by atoms with Crippen molar-refractivity contribution in [2.24, 2.45) is 0 Å².